The fraction of sp³-hybridized carbons (Fsp3) is 0.235. The number of hydrogen-bond acceptors (Lipinski definition) is 4. The third kappa shape index (κ3) is 3.31. The molecule has 2 aromatic rings. The van der Waals surface area contributed by atoms with Gasteiger partial charge in [-0.1, -0.05) is 30.3 Å². The van der Waals surface area contributed by atoms with Crippen molar-refractivity contribution in [2.75, 3.05) is 13.2 Å². The summed E-state index contributed by atoms with van der Waals surface area (Å²) < 4.78 is 6.71. The van der Waals surface area contributed by atoms with E-state index in [2.05, 4.69) is 5.10 Å². The van der Waals surface area contributed by atoms with Gasteiger partial charge in [-0.2, -0.15) is 5.10 Å². The van der Waals surface area contributed by atoms with E-state index in [1.165, 1.54) is 5.01 Å². The number of amides is 1. The van der Waals surface area contributed by atoms with Crippen LogP contribution in [0.2, 0.25) is 0 Å². The van der Waals surface area contributed by atoms with Crippen LogP contribution in [0.3, 0.4) is 0 Å². The van der Waals surface area contributed by atoms with Crippen LogP contribution in [0.5, 0.6) is 0 Å². The minimum atomic E-state index is -0.516. The first kappa shape index (κ1) is 15.0. The molecule has 1 aromatic carbocycles. The van der Waals surface area contributed by atoms with Crippen LogP contribution < -0.4 is 0 Å². The number of aromatic nitrogens is 1. The molecule has 0 aliphatic carbocycles. The molecule has 0 radical (unpaired) electrons. The van der Waals surface area contributed by atoms with Crippen LogP contribution >= 0.6 is 0 Å². The Bertz CT molecular complexity index is 749. The second-order valence-corrected chi connectivity index (χ2v) is 5.26. The van der Waals surface area contributed by atoms with Crippen molar-refractivity contribution < 1.29 is 14.3 Å². The summed E-state index contributed by atoms with van der Waals surface area (Å²) in [6.45, 7) is 0.195. The molecule has 1 aliphatic rings. The summed E-state index contributed by atoms with van der Waals surface area (Å²) in [4.78, 5) is 24.0. The van der Waals surface area contributed by atoms with E-state index in [0.29, 0.717) is 18.7 Å². The molecule has 1 aliphatic heterocycles. The van der Waals surface area contributed by atoms with Crippen LogP contribution in [0.25, 0.3) is 0 Å². The van der Waals surface area contributed by atoms with Gasteiger partial charge in [0.05, 0.1) is 12.3 Å². The molecule has 0 N–H and O–H groups in total. The maximum absolute atomic E-state index is 12.1. The Morgan fingerprint density at radius 3 is 2.65 bits per heavy atom. The van der Waals surface area contributed by atoms with Crippen LogP contribution in [0.1, 0.15) is 22.5 Å². The first-order valence-electron chi connectivity index (χ1n) is 7.37. The van der Waals surface area contributed by atoms with Crippen molar-refractivity contribution in [2.24, 2.45) is 12.1 Å². The molecule has 2 heterocycles. The van der Waals surface area contributed by atoms with Crippen molar-refractivity contribution >= 4 is 17.6 Å². The first-order chi connectivity index (χ1) is 11.1. The number of aryl methyl sites for hydroxylation is 1. The molecule has 0 unspecified atom stereocenters. The lowest BCUT2D eigenvalue weighted by molar-refractivity contribution is -0.134. The van der Waals surface area contributed by atoms with Gasteiger partial charge < -0.3 is 9.30 Å². The Morgan fingerprint density at radius 1 is 1.17 bits per heavy atom. The number of hydrazone groups is 1. The summed E-state index contributed by atoms with van der Waals surface area (Å²) in [5.41, 5.74) is 2.28. The Labute approximate surface area is 134 Å². The molecule has 0 atom stereocenters. The van der Waals surface area contributed by atoms with E-state index < -0.39 is 5.97 Å². The van der Waals surface area contributed by atoms with Crippen LogP contribution in [0, 0.1) is 0 Å². The van der Waals surface area contributed by atoms with Gasteiger partial charge in [-0.05, 0) is 17.7 Å². The largest absolute Gasteiger partial charge is 0.451 e. The van der Waals surface area contributed by atoms with Crippen LogP contribution in [0.15, 0.2) is 53.8 Å². The maximum Gasteiger partial charge on any atom is 0.355 e. The van der Waals surface area contributed by atoms with Crippen LogP contribution in [-0.4, -0.2) is 40.3 Å². The van der Waals surface area contributed by atoms with Crippen LogP contribution in [-0.2, 0) is 16.6 Å². The molecule has 1 amide bonds. The average Bonchev–Trinajstić information content (AvgIpc) is 3.22. The number of nitrogens with zero attached hydrogens (tertiary/aromatic N) is 3. The quantitative estimate of drug-likeness (QED) is 0.809. The topological polar surface area (TPSA) is 63.9 Å². The second kappa shape index (κ2) is 6.48. The number of hydrogen-bond donors (Lipinski definition) is 0. The van der Waals surface area contributed by atoms with Crippen molar-refractivity contribution in [3.8, 4) is 0 Å². The Morgan fingerprint density at radius 2 is 1.96 bits per heavy atom. The molecule has 0 bridgehead atoms. The van der Waals surface area contributed by atoms with Crippen molar-refractivity contribution in [1.82, 2.24) is 9.58 Å². The number of rotatable bonds is 4. The average molecular weight is 311 g/mol. The molecule has 118 valence electrons. The highest BCUT2D eigenvalue weighted by molar-refractivity contribution is 6.02. The fourth-order valence-electron chi connectivity index (χ4n) is 2.42. The Kier molecular flexibility index (Phi) is 4.23. The third-order valence-corrected chi connectivity index (χ3v) is 3.68. The van der Waals surface area contributed by atoms with Gasteiger partial charge in [-0.3, -0.25) is 4.79 Å². The zero-order valence-electron chi connectivity index (χ0n) is 12.8. The molecule has 6 heteroatoms. The van der Waals surface area contributed by atoms with E-state index in [4.69, 9.17) is 4.74 Å². The highest BCUT2D eigenvalue weighted by Gasteiger charge is 2.23. The van der Waals surface area contributed by atoms with Gasteiger partial charge in [0.15, 0.2) is 6.61 Å². The molecule has 0 spiro atoms. The fourth-order valence-corrected chi connectivity index (χ4v) is 2.42. The van der Waals surface area contributed by atoms with Crippen molar-refractivity contribution in [3.05, 3.63) is 59.9 Å². The number of carbonyl (C=O) groups excluding carboxylic acids is 2. The lowest BCUT2D eigenvalue weighted by atomic mass is 10.1. The molecular weight excluding hydrogens is 294 g/mol. The van der Waals surface area contributed by atoms with Gasteiger partial charge in [-0.15, -0.1) is 0 Å². The van der Waals surface area contributed by atoms with Gasteiger partial charge in [0, 0.05) is 19.7 Å². The van der Waals surface area contributed by atoms with Gasteiger partial charge in [0.2, 0.25) is 0 Å². The van der Waals surface area contributed by atoms with Gasteiger partial charge in [0.25, 0.3) is 5.91 Å². The SMILES string of the molecule is Cn1cccc1C(=O)OCC(=O)N1CCC(c2ccccc2)=N1. The molecule has 6 nitrogen and oxygen atoms in total. The number of carbonyl (C=O) groups is 2. The van der Waals surface area contributed by atoms with E-state index in [1.54, 1.807) is 29.9 Å². The summed E-state index contributed by atoms with van der Waals surface area (Å²) in [6.07, 6.45) is 2.44. The smallest absolute Gasteiger partial charge is 0.355 e. The maximum atomic E-state index is 12.1. The highest BCUT2D eigenvalue weighted by Crippen LogP contribution is 2.14. The normalized spacial score (nSPS) is 13.8. The molecule has 23 heavy (non-hydrogen) atoms. The number of ether oxygens (including phenoxy) is 1. The van der Waals surface area contributed by atoms with Gasteiger partial charge in [0.1, 0.15) is 5.69 Å². The zero-order chi connectivity index (χ0) is 16.2. The number of esters is 1. The van der Waals surface area contributed by atoms with E-state index in [-0.39, 0.29) is 12.5 Å². The molecule has 0 saturated carbocycles. The summed E-state index contributed by atoms with van der Waals surface area (Å²) in [5.74, 6) is -0.837. The van der Waals surface area contributed by atoms with E-state index in [1.807, 2.05) is 30.3 Å². The summed E-state index contributed by atoms with van der Waals surface area (Å²) in [6, 6.07) is 13.1. The first-order valence-corrected chi connectivity index (χ1v) is 7.37. The zero-order valence-corrected chi connectivity index (χ0v) is 12.8. The van der Waals surface area contributed by atoms with Gasteiger partial charge in [-0.25, -0.2) is 9.80 Å². The standard InChI is InChI=1S/C17H17N3O3/c1-19-10-5-8-15(19)17(22)23-12-16(21)20-11-9-14(18-20)13-6-3-2-4-7-13/h2-8,10H,9,11-12H2,1H3. The van der Waals surface area contributed by atoms with E-state index >= 15 is 0 Å². The summed E-state index contributed by atoms with van der Waals surface area (Å²) in [7, 11) is 1.75. The van der Waals surface area contributed by atoms with E-state index in [9.17, 15) is 9.59 Å². The van der Waals surface area contributed by atoms with Crippen molar-refractivity contribution in [2.45, 2.75) is 6.42 Å². The minimum Gasteiger partial charge on any atom is -0.451 e. The lowest BCUT2D eigenvalue weighted by Crippen LogP contribution is -2.29. The van der Waals surface area contributed by atoms with E-state index in [0.717, 1.165) is 11.3 Å². The lowest BCUT2D eigenvalue weighted by Gasteiger charge is -2.11. The second-order valence-electron chi connectivity index (χ2n) is 5.26. The predicted molar refractivity (Wildman–Crippen MR) is 85.0 cm³/mol. The molecule has 1 aromatic heterocycles. The monoisotopic (exact) mass is 311 g/mol. The highest BCUT2D eigenvalue weighted by atomic mass is 16.5. The molecule has 0 fully saturated rings. The van der Waals surface area contributed by atoms with Crippen molar-refractivity contribution in [3.63, 3.8) is 0 Å². The summed E-state index contributed by atoms with van der Waals surface area (Å²) >= 11 is 0. The third-order valence-electron chi connectivity index (χ3n) is 3.68. The van der Waals surface area contributed by atoms with Crippen molar-refractivity contribution in [1.29, 1.82) is 0 Å². The molecule has 3 rings (SSSR count). The minimum absolute atomic E-state index is 0.310. The van der Waals surface area contributed by atoms with Crippen LogP contribution in [0.4, 0.5) is 0 Å². The molecule has 0 saturated heterocycles. The Balaban J connectivity index is 1.58. The number of benzene rings is 1. The Hall–Kier alpha value is -2.89. The van der Waals surface area contributed by atoms with Gasteiger partial charge >= 0.3 is 5.97 Å². The molecular formula is C17H17N3O3. The predicted octanol–water partition coefficient (Wildman–Crippen LogP) is 1.82. The summed E-state index contributed by atoms with van der Waals surface area (Å²) in [5, 5.41) is 5.68.